The zero-order chi connectivity index (χ0) is 22.1. The number of nitrogens with one attached hydrogen (secondary N) is 4. The molecule has 0 atom stereocenters. The molecule has 0 bridgehead atoms. The zero-order valence-electron chi connectivity index (χ0n) is 16.6. The Bertz CT molecular complexity index is 1520. The SMILES string of the molecule is O=C(Cc1cc(Nc2ccnc3[nH]c(=O)c4ccccc4c23)n[nH]1)Nc1cccc(F)c1. The first-order valence-electron chi connectivity index (χ1n) is 9.83. The molecule has 0 saturated heterocycles. The number of pyridine rings is 2. The van der Waals surface area contributed by atoms with Crippen LogP contribution in [0, 0.1) is 5.82 Å². The Morgan fingerprint density at radius 1 is 1.03 bits per heavy atom. The van der Waals surface area contributed by atoms with Crippen molar-refractivity contribution in [2.75, 3.05) is 10.6 Å². The van der Waals surface area contributed by atoms with Crippen LogP contribution in [0.2, 0.25) is 0 Å². The van der Waals surface area contributed by atoms with E-state index in [-0.39, 0.29) is 17.9 Å². The van der Waals surface area contributed by atoms with Crippen molar-refractivity contribution in [3.05, 3.63) is 88.7 Å². The van der Waals surface area contributed by atoms with E-state index in [1.54, 1.807) is 30.5 Å². The number of benzene rings is 2. The molecule has 0 radical (unpaired) electrons. The average molecular weight is 428 g/mol. The standard InChI is InChI=1S/C23H17FN6O2/c24-13-4-3-5-14(10-13)26-20(31)12-15-11-19(30-29-15)27-18-8-9-25-22-21(18)16-6-1-2-7-17(16)23(32)28-22/h1-11H,12H2,(H,26,31)(H3,25,27,28,29,30,32). The lowest BCUT2D eigenvalue weighted by molar-refractivity contribution is -0.115. The maximum absolute atomic E-state index is 13.3. The first-order valence-corrected chi connectivity index (χ1v) is 9.83. The van der Waals surface area contributed by atoms with Gasteiger partial charge in [-0.3, -0.25) is 14.7 Å². The number of fused-ring (bicyclic) bond motifs is 3. The van der Waals surface area contributed by atoms with Gasteiger partial charge >= 0.3 is 0 Å². The van der Waals surface area contributed by atoms with Crippen molar-refractivity contribution in [2.45, 2.75) is 6.42 Å². The summed E-state index contributed by atoms with van der Waals surface area (Å²) in [6, 6.07) is 16.5. The number of aromatic amines is 2. The van der Waals surface area contributed by atoms with Crippen LogP contribution < -0.4 is 16.2 Å². The molecule has 3 aromatic heterocycles. The molecule has 0 unspecified atom stereocenters. The molecular formula is C23H17FN6O2. The molecule has 5 rings (SSSR count). The van der Waals surface area contributed by atoms with Crippen molar-refractivity contribution in [3.8, 4) is 0 Å². The molecule has 3 heterocycles. The summed E-state index contributed by atoms with van der Waals surface area (Å²) >= 11 is 0. The number of aromatic nitrogens is 4. The largest absolute Gasteiger partial charge is 0.338 e. The van der Waals surface area contributed by atoms with Crippen LogP contribution in [0.15, 0.2) is 71.7 Å². The molecule has 2 aromatic carbocycles. The molecule has 0 aliphatic carbocycles. The van der Waals surface area contributed by atoms with Gasteiger partial charge in [0, 0.05) is 39.8 Å². The van der Waals surface area contributed by atoms with Gasteiger partial charge in [0.2, 0.25) is 5.91 Å². The van der Waals surface area contributed by atoms with Crippen LogP contribution in [0.3, 0.4) is 0 Å². The Kier molecular flexibility index (Phi) is 4.83. The quantitative estimate of drug-likeness (QED) is 0.317. The smallest absolute Gasteiger partial charge is 0.257 e. The van der Waals surface area contributed by atoms with Crippen molar-refractivity contribution in [3.63, 3.8) is 0 Å². The van der Waals surface area contributed by atoms with E-state index in [0.29, 0.717) is 33.9 Å². The number of amides is 1. The highest BCUT2D eigenvalue weighted by Crippen LogP contribution is 2.29. The molecule has 1 amide bonds. The summed E-state index contributed by atoms with van der Waals surface area (Å²) in [4.78, 5) is 31.7. The lowest BCUT2D eigenvalue weighted by atomic mass is 10.1. The Morgan fingerprint density at radius 3 is 2.72 bits per heavy atom. The lowest BCUT2D eigenvalue weighted by Crippen LogP contribution is -2.14. The summed E-state index contributed by atoms with van der Waals surface area (Å²) in [5.41, 5.74) is 1.94. The van der Waals surface area contributed by atoms with E-state index >= 15 is 0 Å². The third-order valence-electron chi connectivity index (χ3n) is 4.98. The number of carbonyl (C=O) groups is 1. The normalized spacial score (nSPS) is 11.0. The fourth-order valence-corrected chi connectivity index (χ4v) is 3.61. The maximum Gasteiger partial charge on any atom is 0.257 e. The van der Waals surface area contributed by atoms with E-state index in [1.807, 2.05) is 18.2 Å². The van der Waals surface area contributed by atoms with E-state index in [4.69, 9.17) is 0 Å². The summed E-state index contributed by atoms with van der Waals surface area (Å²) in [6.45, 7) is 0. The van der Waals surface area contributed by atoms with Gasteiger partial charge in [0.15, 0.2) is 5.82 Å². The third-order valence-corrected chi connectivity index (χ3v) is 4.98. The van der Waals surface area contributed by atoms with Crippen LogP contribution in [0.4, 0.5) is 21.6 Å². The van der Waals surface area contributed by atoms with Crippen LogP contribution in [0.25, 0.3) is 21.8 Å². The molecule has 0 saturated carbocycles. The Hall–Kier alpha value is -4.53. The van der Waals surface area contributed by atoms with E-state index in [9.17, 15) is 14.0 Å². The highest BCUT2D eigenvalue weighted by molar-refractivity contribution is 6.10. The van der Waals surface area contributed by atoms with E-state index < -0.39 is 5.82 Å². The van der Waals surface area contributed by atoms with Crippen LogP contribution in [0.1, 0.15) is 5.69 Å². The van der Waals surface area contributed by atoms with Crippen LogP contribution in [0.5, 0.6) is 0 Å². The molecule has 8 nitrogen and oxygen atoms in total. The molecule has 158 valence electrons. The number of hydrogen-bond donors (Lipinski definition) is 4. The second-order valence-electron chi connectivity index (χ2n) is 7.22. The summed E-state index contributed by atoms with van der Waals surface area (Å²) in [6.07, 6.45) is 1.63. The summed E-state index contributed by atoms with van der Waals surface area (Å²) < 4.78 is 13.3. The number of carbonyl (C=O) groups excluding carboxylic acids is 1. The number of halogens is 1. The summed E-state index contributed by atoms with van der Waals surface area (Å²) in [7, 11) is 0. The Labute approximate surface area is 180 Å². The Morgan fingerprint density at radius 2 is 1.88 bits per heavy atom. The highest BCUT2D eigenvalue weighted by Gasteiger charge is 2.12. The number of rotatable bonds is 5. The second kappa shape index (κ2) is 7.95. The molecule has 0 spiro atoms. The maximum atomic E-state index is 13.3. The zero-order valence-corrected chi connectivity index (χ0v) is 16.6. The van der Waals surface area contributed by atoms with Crippen molar-refractivity contribution in [1.29, 1.82) is 0 Å². The molecule has 0 aliphatic heterocycles. The van der Waals surface area contributed by atoms with Crippen molar-refractivity contribution < 1.29 is 9.18 Å². The predicted molar refractivity (Wildman–Crippen MR) is 120 cm³/mol. The minimum absolute atomic E-state index is 0.0402. The fourth-order valence-electron chi connectivity index (χ4n) is 3.61. The third kappa shape index (κ3) is 3.79. The van der Waals surface area contributed by atoms with Crippen molar-refractivity contribution in [2.24, 2.45) is 0 Å². The van der Waals surface area contributed by atoms with Gasteiger partial charge in [0.05, 0.1) is 12.1 Å². The van der Waals surface area contributed by atoms with Gasteiger partial charge in [-0.1, -0.05) is 24.3 Å². The second-order valence-corrected chi connectivity index (χ2v) is 7.22. The van der Waals surface area contributed by atoms with Gasteiger partial charge in [-0.2, -0.15) is 5.10 Å². The molecule has 5 aromatic rings. The molecule has 9 heteroatoms. The van der Waals surface area contributed by atoms with Gasteiger partial charge in [-0.05, 0) is 30.3 Å². The highest BCUT2D eigenvalue weighted by atomic mass is 19.1. The van der Waals surface area contributed by atoms with Gasteiger partial charge < -0.3 is 15.6 Å². The van der Waals surface area contributed by atoms with Crippen molar-refractivity contribution >= 4 is 44.9 Å². The Balaban J connectivity index is 1.39. The molecule has 0 aliphatic rings. The molecule has 4 N–H and O–H groups in total. The number of nitrogens with zero attached hydrogens (tertiary/aromatic N) is 2. The van der Waals surface area contributed by atoms with Gasteiger partial charge in [-0.25, -0.2) is 9.37 Å². The minimum Gasteiger partial charge on any atom is -0.338 e. The monoisotopic (exact) mass is 428 g/mol. The summed E-state index contributed by atoms with van der Waals surface area (Å²) in [5.74, 6) is -0.223. The van der Waals surface area contributed by atoms with Crippen LogP contribution in [-0.4, -0.2) is 26.1 Å². The average Bonchev–Trinajstić information content (AvgIpc) is 3.20. The first kappa shape index (κ1) is 19.4. The predicted octanol–water partition coefficient (Wildman–Crippen LogP) is 3.86. The van der Waals surface area contributed by atoms with E-state index in [1.165, 1.54) is 18.2 Å². The van der Waals surface area contributed by atoms with Crippen LogP contribution >= 0.6 is 0 Å². The first-order chi connectivity index (χ1) is 15.6. The summed E-state index contributed by atoms with van der Waals surface area (Å²) in [5, 5.41) is 15.0. The number of hydrogen-bond acceptors (Lipinski definition) is 5. The molecular weight excluding hydrogens is 411 g/mol. The number of H-pyrrole nitrogens is 2. The number of anilines is 3. The minimum atomic E-state index is -0.422. The lowest BCUT2D eigenvalue weighted by Gasteiger charge is -2.09. The molecule has 32 heavy (non-hydrogen) atoms. The van der Waals surface area contributed by atoms with Gasteiger partial charge in [-0.15, -0.1) is 0 Å². The van der Waals surface area contributed by atoms with Crippen molar-refractivity contribution in [1.82, 2.24) is 20.2 Å². The molecule has 0 fully saturated rings. The van der Waals surface area contributed by atoms with E-state index in [2.05, 4.69) is 30.8 Å². The van der Waals surface area contributed by atoms with E-state index in [0.717, 1.165) is 10.8 Å². The fraction of sp³-hybridized carbons (Fsp3) is 0.0435. The van der Waals surface area contributed by atoms with Crippen LogP contribution in [-0.2, 0) is 11.2 Å². The van der Waals surface area contributed by atoms with Gasteiger partial charge in [0.25, 0.3) is 5.56 Å². The van der Waals surface area contributed by atoms with Gasteiger partial charge in [0.1, 0.15) is 11.5 Å². The topological polar surface area (TPSA) is 116 Å².